The predicted octanol–water partition coefficient (Wildman–Crippen LogP) is 4.66. The lowest BCUT2D eigenvalue weighted by Gasteiger charge is -2.14. The highest BCUT2D eigenvalue weighted by Crippen LogP contribution is 2.36. The maximum atomic E-state index is 12.4. The normalized spacial score (nSPS) is 15.9. The Hall–Kier alpha value is -0.440. The molecule has 0 aliphatic rings. The molecule has 0 nitrogen and oxygen atoms in total. The molecule has 0 fully saturated rings. The van der Waals surface area contributed by atoms with E-state index >= 15 is 0 Å². The van der Waals surface area contributed by atoms with Crippen LogP contribution in [0, 0.1) is 5.92 Å². The average molecular weight is 227 g/mol. The Balaban J connectivity index is 5.20. The molecule has 82 valence electrons. The van der Waals surface area contributed by atoms with E-state index in [-0.39, 0.29) is 11.0 Å². The number of alkyl halides is 3. The zero-order valence-corrected chi connectivity index (χ0v) is 9.42. The molecule has 0 radical (unpaired) electrons. The van der Waals surface area contributed by atoms with Crippen LogP contribution in [0.4, 0.5) is 13.2 Å². The topological polar surface area (TPSA) is 0 Å². The Kier molecular flexibility index (Phi) is 4.72. The summed E-state index contributed by atoms with van der Waals surface area (Å²) in [7, 11) is 0. The Morgan fingerprint density at radius 1 is 1.29 bits per heavy atom. The standard InChI is InChI=1S/C10H14ClF3/c1-5-8(10(12,13)14)9(11)7(4)6(2)3/h5-6H,1-4H3/b8-5+,9-7-. The Morgan fingerprint density at radius 3 is 1.93 bits per heavy atom. The lowest BCUT2D eigenvalue weighted by molar-refractivity contribution is -0.0888. The molecule has 0 aliphatic heterocycles. The van der Waals surface area contributed by atoms with Gasteiger partial charge < -0.3 is 0 Å². The summed E-state index contributed by atoms with van der Waals surface area (Å²) >= 11 is 5.67. The minimum atomic E-state index is -4.37. The van der Waals surface area contributed by atoms with Crippen molar-refractivity contribution in [2.75, 3.05) is 0 Å². The van der Waals surface area contributed by atoms with Crippen LogP contribution in [0.1, 0.15) is 27.7 Å². The molecule has 0 heterocycles. The summed E-state index contributed by atoms with van der Waals surface area (Å²) in [5.74, 6) is 0.0137. The maximum Gasteiger partial charge on any atom is 0.417 e. The van der Waals surface area contributed by atoms with E-state index in [4.69, 9.17) is 11.6 Å². The Morgan fingerprint density at radius 2 is 1.71 bits per heavy atom. The fourth-order valence-electron chi connectivity index (χ4n) is 0.881. The van der Waals surface area contributed by atoms with Gasteiger partial charge in [-0.15, -0.1) is 0 Å². The van der Waals surface area contributed by atoms with E-state index in [1.165, 1.54) is 6.92 Å². The zero-order valence-electron chi connectivity index (χ0n) is 8.67. The first-order chi connectivity index (χ1) is 6.21. The molecular formula is C10H14ClF3. The van der Waals surface area contributed by atoms with Crippen molar-refractivity contribution in [3.05, 3.63) is 22.3 Å². The summed E-state index contributed by atoms with van der Waals surface area (Å²) < 4.78 is 37.2. The van der Waals surface area contributed by atoms with E-state index in [9.17, 15) is 13.2 Å². The molecule has 0 rings (SSSR count). The van der Waals surface area contributed by atoms with Crippen LogP contribution >= 0.6 is 11.6 Å². The zero-order chi connectivity index (χ0) is 11.5. The van der Waals surface area contributed by atoms with Gasteiger partial charge >= 0.3 is 6.18 Å². The number of rotatable bonds is 2. The van der Waals surface area contributed by atoms with E-state index in [1.807, 2.05) is 0 Å². The molecule has 0 aromatic rings. The fourth-order valence-corrected chi connectivity index (χ4v) is 1.32. The van der Waals surface area contributed by atoms with Crippen LogP contribution < -0.4 is 0 Å². The third-order valence-electron chi connectivity index (χ3n) is 2.04. The van der Waals surface area contributed by atoms with Crippen LogP contribution in [0.15, 0.2) is 22.3 Å². The molecular weight excluding hydrogens is 213 g/mol. The van der Waals surface area contributed by atoms with Crippen molar-refractivity contribution in [1.82, 2.24) is 0 Å². The lowest BCUT2D eigenvalue weighted by Crippen LogP contribution is -2.13. The quantitative estimate of drug-likeness (QED) is 0.601. The SMILES string of the molecule is C/C=C(\C(Cl)=C(/C)C(C)C)C(F)(F)F. The molecule has 0 bridgehead atoms. The summed E-state index contributed by atoms with van der Waals surface area (Å²) in [4.78, 5) is 0. The fraction of sp³-hybridized carbons (Fsp3) is 0.600. The highest BCUT2D eigenvalue weighted by Gasteiger charge is 2.35. The van der Waals surface area contributed by atoms with Crippen molar-refractivity contribution < 1.29 is 13.2 Å². The molecule has 0 aliphatic carbocycles. The average Bonchev–Trinajstić information content (AvgIpc) is 2.01. The summed E-state index contributed by atoms with van der Waals surface area (Å²) in [5, 5.41) is -0.185. The summed E-state index contributed by atoms with van der Waals surface area (Å²) in [5.41, 5.74) is -0.206. The second kappa shape index (κ2) is 4.87. The maximum absolute atomic E-state index is 12.4. The Bertz CT molecular complexity index is 259. The summed E-state index contributed by atoms with van der Waals surface area (Å²) in [6, 6.07) is 0. The van der Waals surface area contributed by atoms with Crippen molar-refractivity contribution in [2.45, 2.75) is 33.9 Å². The third kappa shape index (κ3) is 3.37. The van der Waals surface area contributed by atoms with E-state index in [0.29, 0.717) is 5.57 Å². The number of hydrogen-bond donors (Lipinski definition) is 0. The molecule has 4 heteroatoms. The van der Waals surface area contributed by atoms with Gasteiger partial charge in [-0.05, 0) is 19.8 Å². The number of halogens is 4. The smallest absolute Gasteiger partial charge is 0.166 e. The second-order valence-electron chi connectivity index (χ2n) is 3.35. The number of hydrogen-bond acceptors (Lipinski definition) is 0. The van der Waals surface area contributed by atoms with Gasteiger partial charge in [-0.3, -0.25) is 0 Å². The summed E-state index contributed by atoms with van der Waals surface area (Å²) in [6.07, 6.45) is -3.38. The van der Waals surface area contributed by atoms with Gasteiger partial charge in [0, 0.05) is 0 Å². The largest absolute Gasteiger partial charge is 0.417 e. The van der Waals surface area contributed by atoms with Gasteiger partial charge in [0.15, 0.2) is 0 Å². The van der Waals surface area contributed by atoms with E-state index < -0.39 is 11.7 Å². The molecule has 0 saturated carbocycles. The van der Waals surface area contributed by atoms with Gasteiger partial charge in [-0.1, -0.05) is 37.1 Å². The lowest BCUT2D eigenvalue weighted by atomic mass is 10.0. The first-order valence-electron chi connectivity index (χ1n) is 4.32. The first-order valence-corrected chi connectivity index (χ1v) is 4.69. The molecule has 0 aromatic heterocycles. The van der Waals surface area contributed by atoms with Crippen molar-refractivity contribution in [3.8, 4) is 0 Å². The van der Waals surface area contributed by atoms with Crippen LogP contribution in [0.3, 0.4) is 0 Å². The van der Waals surface area contributed by atoms with Gasteiger partial charge in [-0.2, -0.15) is 13.2 Å². The van der Waals surface area contributed by atoms with E-state index in [0.717, 1.165) is 6.08 Å². The minimum absolute atomic E-state index is 0.0137. The molecule has 0 unspecified atom stereocenters. The third-order valence-corrected chi connectivity index (χ3v) is 2.54. The van der Waals surface area contributed by atoms with Gasteiger partial charge in [0.05, 0.1) is 10.6 Å². The van der Waals surface area contributed by atoms with Crippen LogP contribution in [0.5, 0.6) is 0 Å². The van der Waals surface area contributed by atoms with Crippen LogP contribution in [0.2, 0.25) is 0 Å². The second-order valence-corrected chi connectivity index (χ2v) is 3.73. The van der Waals surface area contributed by atoms with Crippen LogP contribution in [-0.2, 0) is 0 Å². The van der Waals surface area contributed by atoms with Gasteiger partial charge in [-0.25, -0.2) is 0 Å². The highest BCUT2D eigenvalue weighted by atomic mass is 35.5. The molecule has 0 N–H and O–H groups in total. The van der Waals surface area contributed by atoms with Crippen LogP contribution in [0.25, 0.3) is 0 Å². The minimum Gasteiger partial charge on any atom is -0.166 e. The van der Waals surface area contributed by atoms with E-state index in [2.05, 4.69) is 0 Å². The molecule has 14 heavy (non-hydrogen) atoms. The summed E-state index contributed by atoms with van der Waals surface area (Å²) in [6.45, 7) is 6.56. The van der Waals surface area contributed by atoms with Crippen molar-refractivity contribution in [1.29, 1.82) is 0 Å². The van der Waals surface area contributed by atoms with Gasteiger partial charge in [0.25, 0.3) is 0 Å². The predicted molar refractivity (Wildman–Crippen MR) is 53.2 cm³/mol. The number of allylic oxidation sites excluding steroid dienone is 4. The van der Waals surface area contributed by atoms with Crippen molar-refractivity contribution in [3.63, 3.8) is 0 Å². The molecule has 0 saturated heterocycles. The van der Waals surface area contributed by atoms with Crippen LogP contribution in [-0.4, -0.2) is 6.18 Å². The highest BCUT2D eigenvalue weighted by molar-refractivity contribution is 6.32. The van der Waals surface area contributed by atoms with Gasteiger partial charge in [0.1, 0.15) is 0 Å². The molecule has 0 aromatic carbocycles. The molecule has 0 atom stereocenters. The van der Waals surface area contributed by atoms with E-state index in [1.54, 1.807) is 20.8 Å². The van der Waals surface area contributed by atoms with Gasteiger partial charge in [0.2, 0.25) is 0 Å². The first kappa shape index (κ1) is 13.6. The molecule has 0 amide bonds. The van der Waals surface area contributed by atoms with Crippen molar-refractivity contribution >= 4 is 11.6 Å². The Labute approximate surface area is 87.4 Å². The van der Waals surface area contributed by atoms with Crippen molar-refractivity contribution in [2.24, 2.45) is 5.92 Å². The molecule has 0 spiro atoms. The monoisotopic (exact) mass is 226 g/mol.